The van der Waals surface area contributed by atoms with Crippen molar-refractivity contribution in [3.8, 4) is 0 Å². The van der Waals surface area contributed by atoms with Crippen molar-refractivity contribution in [2.24, 2.45) is 0 Å². The summed E-state index contributed by atoms with van der Waals surface area (Å²) in [5.74, 6) is -0.111. The minimum atomic E-state index is -0.506. The van der Waals surface area contributed by atoms with Crippen LogP contribution in [0.1, 0.15) is 6.92 Å². The minimum Gasteiger partial charge on any atom is -0.392 e. The molecule has 0 bridgehead atoms. The Morgan fingerprint density at radius 2 is 2.62 bits per heavy atom. The standard InChI is InChI=1S/C8H16N2O3/c1-6(11)4-10-8(12)7-5-13-3-2-9-7/h6-7,9,11H,2-5H2,1H3,(H,10,12)/t6?,7-/m1/s1. The van der Waals surface area contributed by atoms with Crippen LogP contribution in [0.5, 0.6) is 0 Å². The normalized spacial score (nSPS) is 25.2. The summed E-state index contributed by atoms with van der Waals surface area (Å²) >= 11 is 0. The fourth-order valence-corrected chi connectivity index (χ4v) is 1.11. The zero-order valence-electron chi connectivity index (χ0n) is 7.75. The predicted molar refractivity (Wildman–Crippen MR) is 47.3 cm³/mol. The maximum Gasteiger partial charge on any atom is 0.239 e. The van der Waals surface area contributed by atoms with Gasteiger partial charge in [0.15, 0.2) is 0 Å². The number of morpholine rings is 1. The Labute approximate surface area is 77.5 Å². The monoisotopic (exact) mass is 188 g/mol. The highest BCUT2D eigenvalue weighted by atomic mass is 16.5. The summed E-state index contributed by atoms with van der Waals surface area (Å²) in [6, 6.07) is -0.271. The summed E-state index contributed by atoms with van der Waals surface area (Å²) in [6.07, 6.45) is -0.506. The molecule has 0 aromatic carbocycles. The first-order valence-corrected chi connectivity index (χ1v) is 4.47. The van der Waals surface area contributed by atoms with Gasteiger partial charge in [-0.25, -0.2) is 0 Å². The van der Waals surface area contributed by atoms with Crippen LogP contribution in [0.25, 0.3) is 0 Å². The van der Waals surface area contributed by atoms with E-state index in [2.05, 4.69) is 10.6 Å². The third-order valence-corrected chi connectivity index (χ3v) is 1.81. The van der Waals surface area contributed by atoms with E-state index in [1.165, 1.54) is 0 Å². The Morgan fingerprint density at radius 1 is 1.85 bits per heavy atom. The molecule has 0 aliphatic carbocycles. The quantitative estimate of drug-likeness (QED) is 0.502. The molecule has 5 nitrogen and oxygen atoms in total. The average molecular weight is 188 g/mol. The molecule has 3 N–H and O–H groups in total. The lowest BCUT2D eigenvalue weighted by Gasteiger charge is -2.23. The van der Waals surface area contributed by atoms with Crippen LogP contribution >= 0.6 is 0 Å². The Morgan fingerprint density at radius 3 is 3.15 bits per heavy atom. The Bertz CT molecular complexity index is 167. The molecule has 1 aliphatic rings. The average Bonchev–Trinajstić information content (AvgIpc) is 2.15. The molecular weight excluding hydrogens is 172 g/mol. The number of aliphatic hydroxyl groups excluding tert-OH is 1. The number of rotatable bonds is 3. The fourth-order valence-electron chi connectivity index (χ4n) is 1.11. The van der Waals surface area contributed by atoms with E-state index in [-0.39, 0.29) is 18.5 Å². The third kappa shape index (κ3) is 3.71. The summed E-state index contributed by atoms with van der Waals surface area (Å²) in [6.45, 7) is 3.68. The van der Waals surface area contributed by atoms with Crippen molar-refractivity contribution in [2.45, 2.75) is 19.1 Å². The number of carbonyl (C=O) groups excluding carboxylic acids is 1. The second kappa shape index (κ2) is 5.16. The van der Waals surface area contributed by atoms with Crippen molar-refractivity contribution < 1.29 is 14.6 Å². The molecule has 5 heteroatoms. The van der Waals surface area contributed by atoms with Crippen LogP contribution in [0, 0.1) is 0 Å². The van der Waals surface area contributed by atoms with Crippen LogP contribution in [-0.4, -0.2) is 49.5 Å². The Balaban J connectivity index is 2.21. The van der Waals surface area contributed by atoms with E-state index in [1.54, 1.807) is 6.92 Å². The van der Waals surface area contributed by atoms with Gasteiger partial charge in [0.2, 0.25) is 5.91 Å². The molecule has 1 saturated heterocycles. The SMILES string of the molecule is CC(O)CNC(=O)[C@H]1COCCN1. The van der Waals surface area contributed by atoms with Crippen molar-refractivity contribution in [3.63, 3.8) is 0 Å². The minimum absolute atomic E-state index is 0.111. The van der Waals surface area contributed by atoms with Gasteiger partial charge in [-0.3, -0.25) is 4.79 Å². The number of ether oxygens (including phenoxy) is 1. The molecule has 1 aliphatic heterocycles. The van der Waals surface area contributed by atoms with Crippen LogP contribution in [0.2, 0.25) is 0 Å². The van der Waals surface area contributed by atoms with Crippen LogP contribution in [0.15, 0.2) is 0 Å². The highest BCUT2D eigenvalue weighted by Gasteiger charge is 2.20. The highest BCUT2D eigenvalue weighted by Crippen LogP contribution is 1.92. The molecule has 1 amide bonds. The van der Waals surface area contributed by atoms with E-state index in [0.717, 1.165) is 0 Å². The van der Waals surface area contributed by atoms with Crippen molar-refractivity contribution in [1.82, 2.24) is 10.6 Å². The van der Waals surface area contributed by atoms with Gasteiger partial charge < -0.3 is 20.5 Å². The summed E-state index contributed by atoms with van der Waals surface area (Å²) in [4.78, 5) is 11.3. The molecule has 0 radical (unpaired) electrons. The largest absolute Gasteiger partial charge is 0.392 e. The van der Waals surface area contributed by atoms with Gasteiger partial charge in [-0.1, -0.05) is 0 Å². The van der Waals surface area contributed by atoms with Crippen molar-refractivity contribution in [3.05, 3.63) is 0 Å². The number of nitrogens with one attached hydrogen (secondary N) is 2. The smallest absolute Gasteiger partial charge is 0.239 e. The van der Waals surface area contributed by atoms with E-state index in [0.29, 0.717) is 19.8 Å². The first-order valence-electron chi connectivity index (χ1n) is 4.47. The molecule has 0 aromatic rings. The van der Waals surface area contributed by atoms with Crippen molar-refractivity contribution in [1.29, 1.82) is 0 Å². The van der Waals surface area contributed by atoms with Crippen LogP contribution in [0.3, 0.4) is 0 Å². The molecule has 1 unspecified atom stereocenters. The first-order chi connectivity index (χ1) is 6.20. The van der Waals surface area contributed by atoms with Gasteiger partial charge in [0, 0.05) is 13.1 Å². The molecule has 76 valence electrons. The number of amides is 1. The van der Waals surface area contributed by atoms with Gasteiger partial charge in [0.25, 0.3) is 0 Å². The van der Waals surface area contributed by atoms with E-state index in [9.17, 15) is 4.79 Å². The lowest BCUT2D eigenvalue weighted by atomic mass is 10.2. The summed E-state index contributed by atoms with van der Waals surface area (Å²) in [7, 11) is 0. The third-order valence-electron chi connectivity index (χ3n) is 1.81. The summed E-state index contributed by atoms with van der Waals surface area (Å²) in [5.41, 5.74) is 0. The maximum atomic E-state index is 11.3. The fraction of sp³-hybridized carbons (Fsp3) is 0.875. The van der Waals surface area contributed by atoms with Crippen molar-refractivity contribution in [2.75, 3.05) is 26.3 Å². The Kier molecular flexibility index (Phi) is 4.14. The molecule has 13 heavy (non-hydrogen) atoms. The summed E-state index contributed by atoms with van der Waals surface area (Å²) in [5, 5.41) is 14.6. The van der Waals surface area contributed by atoms with Gasteiger partial charge in [-0.05, 0) is 6.92 Å². The second-order valence-corrected chi connectivity index (χ2v) is 3.18. The molecule has 0 spiro atoms. The van der Waals surface area contributed by atoms with Gasteiger partial charge in [0.05, 0.1) is 19.3 Å². The lowest BCUT2D eigenvalue weighted by molar-refractivity contribution is -0.126. The molecule has 0 saturated carbocycles. The zero-order valence-corrected chi connectivity index (χ0v) is 7.75. The lowest BCUT2D eigenvalue weighted by Crippen LogP contribution is -2.52. The number of carbonyl (C=O) groups is 1. The van der Waals surface area contributed by atoms with E-state index in [1.807, 2.05) is 0 Å². The van der Waals surface area contributed by atoms with Crippen LogP contribution < -0.4 is 10.6 Å². The van der Waals surface area contributed by atoms with Gasteiger partial charge in [-0.15, -0.1) is 0 Å². The topological polar surface area (TPSA) is 70.6 Å². The Hall–Kier alpha value is -0.650. The van der Waals surface area contributed by atoms with Crippen molar-refractivity contribution >= 4 is 5.91 Å². The number of hydrogen-bond acceptors (Lipinski definition) is 4. The number of aliphatic hydroxyl groups is 1. The second-order valence-electron chi connectivity index (χ2n) is 3.18. The van der Waals surface area contributed by atoms with E-state index in [4.69, 9.17) is 9.84 Å². The predicted octanol–water partition coefficient (Wildman–Crippen LogP) is -1.53. The molecule has 1 heterocycles. The van der Waals surface area contributed by atoms with E-state index < -0.39 is 6.10 Å². The van der Waals surface area contributed by atoms with Crippen LogP contribution in [-0.2, 0) is 9.53 Å². The summed E-state index contributed by atoms with van der Waals surface area (Å²) < 4.78 is 5.12. The van der Waals surface area contributed by atoms with Gasteiger partial charge >= 0.3 is 0 Å². The molecule has 1 rings (SSSR count). The molecule has 2 atom stereocenters. The maximum absolute atomic E-state index is 11.3. The first kappa shape index (κ1) is 10.4. The molecule has 0 aromatic heterocycles. The number of hydrogen-bond donors (Lipinski definition) is 3. The molecule has 1 fully saturated rings. The van der Waals surface area contributed by atoms with Gasteiger partial charge in [0.1, 0.15) is 6.04 Å². The van der Waals surface area contributed by atoms with E-state index >= 15 is 0 Å². The zero-order chi connectivity index (χ0) is 9.68. The van der Waals surface area contributed by atoms with Crippen LogP contribution in [0.4, 0.5) is 0 Å². The highest BCUT2D eigenvalue weighted by molar-refractivity contribution is 5.81. The molecular formula is C8H16N2O3. The van der Waals surface area contributed by atoms with Gasteiger partial charge in [-0.2, -0.15) is 0 Å².